The van der Waals surface area contributed by atoms with Gasteiger partial charge in [0.15, 0.2) is 0 Å². The molecule has 1 fully saturated rings. The molecule has 0 radical (unpaired) electrons. The Bertz CT molecular complexity index is 758. The van der Waals surface area contributed by atoms with Gasteiger partial charge in [0.2, 0.25) is 0 Å². The largest absolute Gasteiger partial charge is 0.455 e. The minimum atomic E-state index is -0.733. The van der Waals surface area contributed by atoms with E-state index in [1.807, 2.05) is 0 Å². The van der Waals surface area contributed by atoms with Gasteiger partial charge in [0.1, 0.15) is 6.10 Å². The van der Waals surface area contributed by atoms with E-state index in [0.29, 0.717) is 37.7 Å². The van der Waals surface area contributed by atoms with Gasteiger partial charge in [-0.05, 0) is 57.9 Å². The second kappa shape index (κ2) is 22.5. The van der Waals surface area contributed by atoms with Crippen molar-refractivity contribution in [3.8, 4) is 0 Å². The third kappa shape index (κ3) is 16.7. The van der Waals surface area contributed by atoms with E-state index in [-0.39, 0.29) is 37.1 Å². The molecule has 2 heterocycles. The highest BCUT2D eigenvalue weighted by atomic mass is 16.5. The number of unbranched alkanes of at least 4 members (excludes halogenated alkanes) is 11. The zero-order chi connectivity index (χ0) is 31.5. The van der Waals surface area contributed by atoms with Crippen LogP contribution in [0.4, 0.5) is 0 Å². The van der Waals surface area contributed by atoms with Crippen LogP contribution in [0.5, 0.6) is 0 Å². The third-order valence-corrected chi connectivity index (χ3v) is 9.16. The molecule has 2 aliphatic rings. The van der Waals surface area contributed by atoms with Gasteiger partial charge in [-0.25, -0.2) is 4.79 Å². The van der Waals surface area contributed by atoms with E-state index in [9.17, 15) is 30.3 Å². The fourth-order valence-electron chi connectivity index (χ4n) is 6.43. The topological polar surface area (TPSA) is 137 Å². The van der Waals surface area contributed by atoms with Gasteiger partial charge >= 0.3 is 5.97 Å². The molecule has 0 spiro atoms. The summed E-state index contributed by atoms with van der Waals surface area (Å²) < 4.78 is 11.0. The summed E-state index contributed by atoms with van der Waals surface area (Å²) in [6.07, 6.45) is 18.0. The van der Waals surface area contributed by atoms with Gasteiger partial charge in [0.25, 0.3) is 0 Å². The van der Waals surface area contributed by atoms with E-state index in [0.717, 1.165) is 44.9 Å². The molecule has 252 valence electrons. The van der Waals surface area contributed by atoms with Crippen molar-refractivity contribution in [1.82, 2.24) is 0 Å². The van der Waals surface area contributed by atoms with Gasteiger partial charge in [0, 0.05) is 18.4 Å². The number of rotatable bonds is 26. The van der Waals surface area contributed by atoms with Crippen molar-refractivity contribution in [2.75, 3.05) is 0 Å². The molecule has 0 bridgehead atoms. The van der Waals surface area contributed by atoms with Crippen molar-refractivity contribution in [2.24, 2.45) is 0 Å². The molecule has 0 aliphatic carbocycles. The summed E-state index contributed by atoms with van der Waals surface area (Å²) in [4.78, 5) is 11.7. The highest BCUT2D eigenvalue weighted by Gasteiger charge is 2.35. The molecule has 2 rings (SSSR count). The first-order chi connectivity index (χ1) is 20.7. The first-order valence-corrected chi connectivity index (χ1v) is 17.7. The van der Waals surface area contributed by atoms with Crippen LogP contribution in [-0.2, 0) is 14.3 Å². The van der Waals surface area contributed by atoms with Crippen LogP contribution in [-0.4, -0.2) is 80.3 Å². The summed E-state index contributed by atoms with van der Waals surface area (Å²) in [5, 5.41) is 52.1. The lowest BCUT2D eigenvalue weighted by molar-refractivity contribution is -0.139. The predicted molar refractivity (Wildman–Crippen MR) is 170 cm³/mol. The SMILES string of the molecule is CCCCCCCCCCCCC(O)C1CCC(C(O)CC(O)CCCCCC(O)CCC(O)CC2=CC(C)OC2=O)O1. The summed E-state index contributed by atoms with van der Waals surface area (Å²) in [6.45, 7) is 4.03. The average molecular weight is 613 g/mol. The highest BCUT2D eigenvalue weighted by Crippen LogP contribution is 2.29. The summed E-state index contributed by atoms with van der Waals surface area (Å²) in [5.41, 5.74) is 0.509. The summed E-state index contributed by atoms with van der Waals surface area (Å²) >= 11 is 0. The second-order valence-corrected chi connectivity index (χ2v) is 13.3. The molecule has 8 atom stereocenters. The van der Waals surface area contributed by atoms with Gasteiger partial charge < -0.3 is 35.0 Å². The van der Waals surface area contributed by atoms with Crippen molar-refractivity contribution in [1.29, 1.82) is 0 Å². The van der Waals surface area contributed by atoms with Gasteiger partial charge in [-0.3, -0.25) is 0 Å². The first-order valence-electron chi connectivity index (χ1n) is 17.7. The summed E-state index contributed by atoms with van der Waals surface area (Å²) in [6, 6.07) is 0. The zero-order valence-electron chi connectivity index (χ0n) is 27.2. The quantitative estimate of drug-likeness (QED) is 0.0590. The zero-order valence-corrected chi connectivity index (χ0v) is 27.2. The smallest absolute Gasteiger partial charge is 0.334 e. The molecule has 0 aromatic rings. The Kier molecular flexibility index (Phi) is 19.9. The number of esters is 1. The van der Waals surface area contributed by atoms with E-state index in [4.69, 9.17) is 9.47 Å². The Morgan fingerprint density at radius 2 is 1.19 bits per heavy atom. The first kappa shape index (κ1) is 38.2. The Morgan fingerprint density at radius 3 is 1.79 bits per heavy atom. The molecular weight excluding hydrogens is 548 g/mol. The molecule has 0 aromatic heterocycles. The van der Waals surface area contributed by atoms with Gasteiger partial charge in [0.05, 0.1) is 42.7 Å². The van der Waals surface area contributed by atoms with Crippen molar-refractivity contribution in [3.05, 3.63) is 11.6 Å². The molecule has 0 aromatic carbocycles. The summed E-state index contributed by atoms with van der Waals surface area (Å²) in [5.74, 6) is -0.365. The number of aliphatic hydroxyl groups is 5. The fraction of sp³-hybridized carbons (Fsp3) is 0.914. The number of hydrogen-bond donors (Lipinski definition) is 5. The maximum Gasteiger partial charge on any atom is 0.334 e. The Balaban J connectivity index is 1.45. The number of carbonyl (C=O) groups is 1. The third-order valence-electron chi connectivity index (χ3n) is 9.16. The molecular formula is C35H64O8. The van der Waals surface area contributed by atoms with Gasteiger partial charge in [-0.15, -0.1) is 0 Å². The van der Waals surface area contributed by atoms with Crippen molar-refractivity contribution in [2.45, 2.75) is 204 Å². The molecule has 43 heavy (non-hydrogen) atoms. The number of aliphatic hydroxyl groups excluding tert-OH is 5. The van der Waals surface area contributed by atoms with E-state index in [1.165, 1.54) is 51.4 Å². The molecule has 0 saturated carbocycles. The maximum absolute atomic E-state index is 11.7. The molecule has 8 nitrogen and oxygen atoms in total. The molecule has 2 aliphatic heterocycles. The Morgan fingerprint density at radius 1 is 0.674 bits per heavy atom. The van der Waals surface area contributed by atoms with Crippen LogP contribution in [0, 0.1) is 0 Å². The molecule has 8 heteroatoms. The van der Waals surface area contributed by atoms with Crippen molar-refractivity contribution in [3.63, 3.8) is 0 Å². The lowest BCUT2D eigenvalue weighted by atomic mass is 9.98. The Hall–Kier alpha value is -1.03. The van der Waals surface area contributed by atoms with E-state index in [1.54, 1.807) is 13.0 Å². The molecule has 1 saturated heterocycles. The lowest BCUT2D eigenvalue weighted by Gasteiger charge is -2.23. The number of ether oxygens (including phenoxy) is 2. The number of carbonyl (C=O) groups excluding carboxylic acids is 1. The van der Waals surface area contributed by atoms with E-state index < -0.39 is 30.5 Å². The van der Waals surface area contributed by atoms with Gasteiger partial charge in [-0.2, -0.15) is 0 Å². The van der Waals surface area contributed by atoms with Crippen molar-refractivity contribution >= 4 is 5.97 Å². The number of cyclic esters (lactones) is 1. The lowest BCUT2D eigenvalue weighted by Crippen LogP contribution is -2.33. The highest BCUT2D eigenvalue weighted by molar-refractivity contribution is 5.90. The predicted octanol–water partition coefficient (Wildman–Crippen LogP) is 6.03. The van der Waals surface area contributed by atoms with Crippen LogP contribution in [0.2, 0.25) is 0 Å². The number of hydrogen-bond acceptors (Lipinski definition) is 8. The minimum absolute atomic E-state index is 0.220. The molecule has 0 amide bonds. The van der Waals surface area contributed by atoms with Crippen LogP contribution in [0.25, 0.3) is 0 Å². The van der Waals surface area contributed by atoms with Crippen molar-refractivity contribution < 1.29 is 39.8 Å². The maximum atomic E-state index is 11.7. The van der Waals surface area contributed by atoms with Crippen LogP contribution >= 0.6 is 0 Å². The molecule has 8 unspecified atom stereocenters. The van der Waals surface area contributed by atoms with E-state index >= 15 is 0 Å². The van der Waals surface area contributed by atoms with Crippen LogP contribution in [0.1, 0.15) is 155 Å². The summed E-state index contributed by atoms with van der Waals surface area (Å²) in [7, 11) is 0. The van der Waals surface area contributed by atoms with Crippen LogP contribution < -0.4 is 0 Å². The van der Waals surface area contributed by atoms with Crippen LogP contribution in [0.3, 0.4) is 0 Å². The Labute approximate surface area is 261 Å². The second-order valence-electron chi connectivity index (χ2n) is 13.3. The fourth-order valence-corrected chi connectivity index (χ4v) is 6.43. The standard InChI is InChI=1S/C35H64O8/c1-3-4-5-6-7-8-9-10-11-15-18-31(39)33-21-22-34(43-33)32(40)25-29(37)17-14-12-13-16-28(36)19-20-30(38)24-27-23-26(2)42-35(27)41/h23,26,28-34,36-40H,3-22,24-25H2,1-2H3. The van der Waals surface area contributed by atoms with Gasteiger partial charge in [-0.1, -0.05) is 90.4 Å². The normalized spacial score (nSPS) is 24.0. The minimum Gasteiger partial charge on any atom is -0.455 e. The monoisotopic (exact) mass is 612 g/mol. The molecule has 5 N–H and O–H groups in total. The van der Waals surface area contributed by atoms with E-state index in [2.05, 4.69) is 6.92 Å². The van der Waals surface area contributed by atoms with Crippen LogP contribution in [0.15, 0.2) is 11.6 Å². The average Bonchev–Trinajstić information content (AvgIpc) is 3.59.